The summed E-state index contributed by atoms with van der Waals surface area (Å²) in [7, 11) is 0.0576. The molecule has 0 radical (unpaired) electrons. The van der Waals surface area contributed by atoms with E-state index in [2.05, 4.69) is 104 Å². The van der Waals surface area contributed by atoms with Gasteiger partial charge in [0.1, 0.15) is 0 Å². The molecular formula is C24H21F2PZr. The fourth-order valence-corrected chi connectivity index (χ4v) is 4.09. The van der Waals surface area contributed by atoms with Gasteiger partial charge in [-0.3, -0.25) is 0 Å². The number of rotatable bonds is 1. The Kier molecular flexibility index (Phi) is 9.35. The Balaban J connectivity index is 0.000000254. The molecule has 140 valence electrons. The van der Waals surface area contributed by atoms with Gasteiger partial charge in [-0.25, -0.2) is 0 Å². The molecule has 0 aliphatic heterocycles. The van der Waals surface area contributed by atoms with Gasteiger partial charge in [0.05, 0.1) is 0 Å². The van der Waals surface area contributed by atoms with E-state index in [9.17, 15) is 0 Å². The summed E-state index contributed by atoms with van der Waals surface area (Å²) < 4.78 is 0. The first-order valence-corrected chi connectivity index (χ1v) is 10.8. The zero-order valence-corrected chi connectivity index (χ0v) is 19.2. The summed E-state index contributed by atoms with van der Waals surface area (Å²) in [4.78, 5) is 0. The molecule has 0 spiro atoms. The molecule has 5 rings (SSSR count). The maximum absolute atomic E-state index is 2.31. The molecule has 0 fully saturated rings. The van der Waals surface area contributed by atoms with E-state index in [-0.39, 0.29) is 43.5 Å². The summed E-state index contributed by atoms with van der Waals surface area (Å²) in [6.45, 7) is 4.59. The Hall–Kier alpha value is -1.69. The van der Waals surface area contributed by atoms with Gasteiger partial charge < -0.3 is 9.41 Å². The zero-order valence-electron chi connectivity index (χ0n) is 15.9. The van der Waals surface area contributed by atoms with E-state index in [1.807, 2.05) is 0 Å². The zero-order chi connectivity index (χ0) is 17.2. The molecule has 5 aromatic rings. The number of benzene rings is 3. The van der Waals surface area contributed by atoms with Crippen molar-refractivity contribution >= 4 is 45.5 Å². The molecular weight excluding hydrogens is 448 g/mol. The number of fused-ring (bicyclic) bond motifs is 4. The van der Waals surface area contributed by atoms with Gasteiger partial charge in [-0.2, -0.15) is 6.07 Å². The van der Waals surface area contributed by atoms with Gasteiger partial charge in [-0.1, -0.05) is 42.5 Å². The maximum Gasteiger partial charge on any atom is 4.00 e. The topological polar surface area (TPSA) is 0 Å². The average Bonchev–Trinajstić information content (AvgIpc) is 3.24. The molecule has 0 saturated carbocycles. The maximum atomic E-state index is 2.31. The Morgan fingerprint density at radius 3 is 1.57 bits per heavy atom. The summed E-state index contributed by atoms with van der Waals surface area (Å²) >= 11 is 0. The molecule has 0 N–H and O–H groups in total. The minimum atomic E-state index is 0. The van der Waals surface area contributed by atoms with Crippen LogP contribution in [0.5, 0.6) is 0 Å². The minimum absolute atomic E-state index is 0. The Morgan fingerprint density at radius 1 is 0.607 bits per heavy atom. The van der Waals surface area contributed by atoms with Crippen molar-refractivity contribution in [1.29, 1.82) is 0 Å². The van der Waals surface area contributed by atoms with Gasteiger partial charge in [0.25, 0.3) is 0 Å². The van der Waals surface area contributed by atoms with Crippen molar-refractivity contribution in [3.8, 4) is 0 Å². The largest absolute Gasteiger partial charge is 4.00 e. The van der Waals surface area contributed by atoms with Crippen molar-refractivity contribution in [2.24, 2.45) is 0 Å². The van der Waals surface area contributed by atoms with Gasteiger partial charge in [0.15, 0.2) is 0 Å². The van der Waals surface area contributed by atoms with Crippen LogP contribution in [0.2, 0.25) is 0 Å². The van der Waals surface area contributed by atoms with Crippen LogP contribution in [0.1, 0.15) is 0 Å². The van der Waals surface area contributed by atoms with Crippen LogP contribution >= 0.6 is 7.92 Å². The number of hydrogen-bond donors (Lipinski definition) is 0. The Morgan fingerprint density at radius 2 is 1.07 bits per heavy atom. The van der Waals surface area contributed by atoms with Crippen molar-refractivity contribution in [2.75, 3.05) is 13.3 Å². The van der Waals surface area contributed by atoms with E-state index >= 15 is 0 Å². The quantitative estimate of drug-likeness (QED) is 0.250. The molecule has 0 bridgehead atoms. The van der Waals surface area contributed by atoms with Crippen molar-refractivity contribution in [2.45, 2.75) is 0 Å². The predicted molar refractivity (Wildman–Crippen MR) is 115 cm³/mol. The third kappa shape index (κ3) is 5.02. The number of hydrogen-bond acceptors (Lipinski definition) is 0. The molecule has 4 heteroatoms. The predicted octanol–water partition coefficient (Wildman–Crippen LogP) is 0.643. The van der Waals surface area contributed by atoms with E-state index in [4.69, 9.17) is 0 Å². The van der Waals surface area contributed by atoms with Crippen molar-refractivity contribution in [3.05, 3.63) is 91.0 Å². The molecule has 0 atom stereocenters. The second-order valence-electron chi connectivity index (χ2n) is 6.56. The van der Waals surface area contributed by atoms with Gasteiger partial charge in [0, 0.05) is 0 Å². The van der Waals surface area contributed by atoms with Gasteiger partial charge in [-0.15, -0.1) is 88.0 Å². The van der Waals surface area contributed by atoms with E-state index < -0.39 is 0 Å². The fourth-order valence-electron chi connectivity index (χ4n) is 3.30. The Bertz CT molecular complexity index is 1060. The molecule has 5 aromatic carbocycles. The first-order valence-electron chi connectivity index (χ1n) is 8.58. The van der Waals surface area contributed by atoms with Gasteiger partial charge in [0.2, 0.25) is 0 Å². The summed E-state index contributed by atoms with van der Waals surface area (Å²) in [5.41, 5.74) is 0. The van der Waals surface area contributed by atoms with Crippen LogP contribution in [0, 0.1) is 0 Å². The SMILES string of the molecule is CP(C)c1cc2ccccc2[cH-]1.[F-].[F-].[Zr+4].c1ccc2c(c1)[cH-]c1ccccc12. The van der Waals surface area contributed by atoms with Crippen molar-refractivity contribution < 1.29 is 35.6 Å². The van der Waals surface area contributed by atoms with Crippen LogP contribution in [-0.2, 0) is 26.2 Å². The van der Waals surface area contributed by atoms with Crippen molar-refractivity contribution in [1.82, 2.24) is 0 Å². The smallest absolute Gasteiger partial charge is 1.00 e. The first kappa shape index (κ1) is 24.4. The summed E-state index contributed by atoms with van der Waals surface area (Å²) in [5, 5.41) is 9.65. The molecule has 0 aliphatic carbocycles. The van der Waals surface area contributed by atoms with Crippen LogP contribution in [0.25, 0.3) is 32.3 Å². The summed E-state index contributed by atoms with van der Waals surface area (Å²) in [5.74, 6) is 0. The van der Waals surface area contributed by atoms with E-state index in [1.165, 1.54) is 37.6 Å². The Labute approximate surface area is 184 Å². The second-order valence-corrected chi connectivity index (χ2v) is 8.86. The third-order valence-electron chi connectivity index (χ3n) is 4.64. The van der Waals surface area contributed by atoms with Gasteiger partial charge in [-0.05, 0) is 13.3 Å². The molecule has 0 nitrogen and oxygen atoms in total. The molecule has 0 saturated heterocycles. The summed E-state index contributed by atoms with van der Waals surface area (Å²) in [6.07, 6.45) is 0. The van der Waals surface area contributed by atoms with Crippen LogP contribution in [0.3, 0.4) is 0 Å². The van der Waals surface area contributed by atoms with Crippen molar-refractivity contribution in [3.63, 3.8) is 0 Å². The van der Waals surface area contributed by atoms with E-state index in [0.717, 1.165) is 0 Å². The normalized spacial score (nSPS) is 9.96. The van der Waals surface area contributed by atoms with Gasteiger partial charge >= 0.3 is 26.2 Å². The standard InChI is InChI=1S/C13H9.C11H12P.2FH.Zr/c1-3-7-12-10(5-1)9-11-6-2-4-8-13(11)12;1-12(2)11-7-9-5-3-4-6-10(9)8-11;;;/h1-9H;3-8H,1-2H3;2*1H;/q2*-1;;;+4/p-2. The second kappa shape index (κ2) is 10.7. The van der Waals surface area contributed by atoms with Crippen LogP contribution in [-0.4, -0.2) is 13.3 Å². The average molecular weight is 470 g/mol. The molecule has 0 aromatic heterocycles. The number of halogens is 2. The minimum Gasteiger partial charge on any atom is -1.00 e. The van der Waals surface area contributed by atoms with Crippen LogP contribution < -0.4 is 14.7 Å². The molecule has 0 heterocycles. The first-order chi connectivity index (χ1) is 12.2. The van der Waals surface area contributed by atoms with Crippen LogP contribution in [0.15, 0.2) is 91.0 Å². The molecule has 0 aliphatic rings. The summed E-state index contributed by atoms with van der Waals surface area (Å²) in [6, 6.07) is 32.4. The van der Waals surface area contributed by atoms with E-state index in [0.29, 0.717) is 0 Å². The fraction of sp³-hybridized carbons (Fsp3) is 0.0833. The molecule has 28 heavy (non-hydrogen) atoms. The van der Waals surface area contributed by atoms with Crippen LogP contribution in [0.4, 0.5) is 0 Å². The molecule has 0 amide bonds. The molecule has 0 unspecified atom stereocenters. The van der Waals surface area contributed by atoms with E-state index in [1.54, 1.807) is 0 Å². The third-order valence-corrected chi connectivity index (χ3v) is 5.93. The monoisotopic (exact) mass is 468 g/mol.